The second-order valence-corrected chi connectivity index (χ2v) is 14.1. The Labute approximate surface area is 148 Å². The maximum absolute atomic E-state index is 12.6. The standard InChI is InChI=1S/C18H34N2O3Si/c1-13-15(23-24(8,9)18(5,6)7)12-14(10-11-19)20(13)16(21)22-17(2,3)4/h13-15H,10,12H2,1-9H3/t13-,14+,15+/m0/s1. The number of amides is 1. The van der Waals surface area contributed by atoms with Crippen LogP contribution in [0.3, 0.4) is 0 Å². The molecular weight excluding hydrogens is 320 g/mol. The molecule has 1 rings (SSSR count). The largest absolute Gasteiger partial charge is 0.444 e. The highest BCUT2D eigenvalue weighted by Gasteiger charge is 2.48. The molecule has 1 amide bonds. The molecule has 3 atom stereocenters. The molecule has 0 spiro atoms. The van der Waals surface area contributed by atoms with Gasteiger partial charge in [0.15, 0.2) is 8.32 Å². The molecule has 0 bridgehead atoms. The summed E-state index contributed by atoms with van der Waals surface area (Å²) in [6.07, 6.45) is 0.606. The van der Waals surface area contributed by atoms with Gasteiger partial charge in [-0.25, -0.2) is 4.79 Å². The number of nitrogens with zero attached hydrogens (tertiary/aromatic N) is 2. The lowest BCUT2D eigenvalue weighted by atomic mass is 10.1. The summed E-state index contributed by atoms with van der Waals surface area (Å²) in [5, 5.41) is 9.24. The van der Waals surface area contributed by atoms with Crippen LogP contribution in [0.5, 0.6) is 0 Å². The maximum Gasteiger partial charge on any atom is 0.410 e. The van der Waals surface area contributed by atoms with Gasteiger partial charge >= 0.3 is 6.09 Å². The van der Waals surface area contributed by atoms with E-state index in [9.17, 15) is 4.79 Å². The number of hydrogen-bond acceptors (Lipinski definition) is 4. The van der Waals surface area contributed by atoms with Gasteiger partial charge in [-0.15, -0.1) is 0 Å². The summed E-state index contributed by atoms with van der Waals surface area (Å²) in [7, 11) is -1.94. The molecule has 0 radical (unpaired) electrons. The van der Waals surface area contributed by atoms with Gasteiger partial charge in [0.1, 0.15) is 5.60 Å². The number of ether oxygens (including phenoxy) is 1. The van der Waals surface area contributed by atoms with Crippen LogP contribution in [0.15, 0.2) is 0 Å². The Kier molecular flexibility index (Phi) is 6.16. The zero-order valence-corrected chi connectivity index (χ0v) is 17.8. The van der Waals surface area contributed by atoms with E-state index >= 15 is 0 Å². The molecule has 6 heteroatoms. The predicted octanol–water partition coefficient (Wildman–Crippen LogP) is 4.69. The molecule has 0 aromatic rings. The van der Waals surface area contributed by atoms with Crippen molar-refractivity contribution in [2.75, 3.05) is 0 Å². The Balaban J connectivity index is 2.98. The molecule has 1 heterocycles. The van der Waals surface area contributed by atoms with Gasteiger partial charge in [0.05, 0.1) is 30.7 Å². The molecular formula is C18H34N2O3Si. The van der Waals surface area contributed by atoms with Gasteiger partial charge in [-0.3, -0.25) is 4.90 Å². The average molecular weight is 355 g/mol. The smallest absolute Gasteiger partial charge is 0.410 e. The van der Waals surface area contributed by atoms with Gasteiger partial charge in [-0.2, -0.15) is 5.26 Å². The zero-order chi connectivity index (χ0) is 18.9. The normalized spacial score (nSPS) is 25.5. The Hall–Kier alpha value is -1.06. The first-order valence-electron chi connectivity index (χ1n) is 8.75. The minimum atomic E-state index is -1.94. The predicted molar refractivity (Wildman–Crippen MR) is 98.2 cm³/mol. The molecule has 5 nitrogen and oxygen atoms in total. The maximum atomic E-state index is 12.6. The van der Waals surface area contributed by atoms with Gasteiger partial charge in [0, 0.05) is 0 Å². The lowest BCUT2D eigenvalue weighted by Crippen LogP contribution is -2.48. The third-order valence-electron chi connectivity index (χ3n) is 5.06. The van der Waals surface area contributed by atoms with Crippen LogP contribution in [0.4, 0.5) is 4.79 Å². The molecule has 138 valence electrons. The van der Waals surface area contributed by atoms with Crippen LogP contribution < -0.4 is 0 Å². The fraction of sp³-hybridized carbons (Fsp3) is 0.889. The molecule has 24 heavy (non-hydrogen) atoms. The summed E-state index contributed by atoms with van der Waals surface area (Å²) < 4.78 is 12.1. The highest BCUT2D eigenvalue weighted by molar-refractivity contribution is 6.74. The molecule has 1 fully saturated rings. The monoisotopic (exact) mass is 354 g/mol. The van der Waals surface area contributed by atoms with Crippen LogP contribution in [-0.2, 0) is 9.16 Å². The molecule has 1 saturated heterocycles. The second kappa shape index (κ2) is 7.05. The lowest BCUT2D eigenvalue weighted by molar-refractivity contribution is 0.0120. The first-order valence-corrected chi connectivity index (χ1v) is 11.7. The van der Waals surface area contributed by atoms with Crippen molar-refractivity contribution in [1.29, 1.82) is 5.26 Å². The van der Waals surface area contributed by atoms with Gasteiger partial charge in [-0.1, -0.05) is 20.8 Å². The Morgan fingerprint density at radius 2 is 1.79 bits per heavy atom. The van der Waals surface area contributed by atoms with Crippen LogP contribution in [0.1, 0.15) is 61.3 Å². The Bertz CT molecular complexity index is 500. The lowest BCUT2D eigenvalue weighted by Gasteiger charge is -2.39. The molecule has 1 aliphatic heterocycles. The first-order chi connectivity index (χ1) is 10.7. The highest BCUT2D eigenvalue weighted by atomic mass is 28.4. The zero-order valence-electron chi connectivity index (χ0n) is 16.8. The number of carbonyl (C=O) groups excluding carboxylic acids is 1. The fourth-order valence-electron chi connectivity index (χ4n) is 2.71. The van der Waals surface area contributed by atoms with E-state index < -0.39 is 13.9 Å². The molecule has 0 aromatic heterocycles. The molecule has 0 aromatic carbocycles. The van der Waals surface area contributed by atoms with E-state index in [1.165, 1.54) is 0 Å². The SMILES string of the molecule is C[C@H]1[C@H](O[Si](C)(C)C(C)(C)C)C[C@@H](CC#N)N1C(=O)OC(C)(C)C. The molecule has 0 N–H and O–H groups in total. The van der Waals surface area contributed by atoms with Crippen LogP contribution >= 0.6 is 0 Å². The van der Waals surface area contributed by atoms with E-state index in [-0.39, 0.29) is 29.3 Å². The van der Waals surface area contributed by atoms with Gasteiger partial charge < -0.3 is 9.16 Å². The third kappa shape index (κ3) is 4.97. The van der Waals surface area contributed by atoms with Crippen LogP contribution in [0, 0.1) is 11.3 Å². The number of rotatable bonds is 3. The van der Waals surface area contributed by atoms with Crippen molar-refractivity contribution >= 4 is 14.4 Å². The van der Waals surface area contributed by atoms with Crippen LogP contribution in [0.2, 0.25) is 18.1 Å². The van der Waals surface area contributed by atoms with Crippen molar-refractivity contribution in [3.05, 3.63) is 0 Å². The number of carbonyl (C=O) groups is 1. The summed E-state index contributed by atoms with van der Waals surface area (Å²) in [5.74, 6) is 0. The van der Waals surface area contributed by atoms with Crippen molar-refractivity contribution in [2.45, 2.75) is 103 Å². The summed E-state index contributed by atoms with van der Waals surface area (Å²) in [6.45, 7) is 18.6. The van der Waals surface area contributed by atoms with E-state index in [0.717, 1.165) is 0 Å². The number of nitriles is 1. The van der Waals surface area contributed by atoms with E-state index in [4.69, 9.17) is 14.4 Å². The van der Waals surface area contributed by atoms with E-state index in [2.05, 4.69) is 39.9 Å². The van der Waals surface area contributed by atoms with Gasteiger partial charge in [0.2, 0.25) is 0 Å². The highest BCUT2D eigenvalue weighted by Crippen LogP contribution is 2.40. The van der Waals surface area contributed by atoms with Crippen molar-refractivity contribution < 1.29 is 14.0 Å². The van der Waals surface area contributed by atoms with E-state index in [1.807, 2.05) is 27.7 Å². The Morgan fingerprint density at radius 3 is 2.21 bits per heavy atom. The summed E-state index contributed by atoms with van der Waals surface area (Å²) in [6, 6.07) is 1.96. The van der Waals surface area contributed by atoms with Crippen molar-refractivity contribution in [2.24, 2.45) is 0 Å². The van der Waals surface area contributed by atoms with Crippen LogP contribution in [-0.4, -0.2) is 43.1 Å². The van der Waals surface area contributed by atoms with E-state index in [1.54, 1.807) is 4.90 Å². The molecule has 1 aliphatic rings. The average Bonchev–Trinajstić information content (AvgIpc) is 2.62. The molecule has 0 unspecified atom stereocenters. The van der Waals surface area contributed by atoms with Gasteiger partial charge in [-0.05, 0) is 52.2 Å². The summed E-state index contributed by atoms with van der Waals surface area (Å²) in [4.78, 5) is 14.3. The first kappa shape index (κ1) is 21.0. The van der Waals surface area contributed by atoms with Crippen LogP contribution in [0.25, 0.3) is 0 Å². The number of likely N-dealkylation sites (tertiary alicyclic amines) is 1. The fourth-order valence-corrected chi connectivity index (χ4v) is 4.11. The summed E-state index contributed by atoms with van der Waals surface area (Å²) in [5.41, 5.74) is -0.549. The quantitative estimate of drug-likeness (QED) is 0.690. The molecule has 0 saturated carbocycles. The van der Waals surface area contributed by atoms with E-state index in [0.29, 0.717) is 12.8 Å². The Morgan fingerprint density at radius 1 is 1.25 bits per heavy atom. The topological polar surface area (TPSA) is 62.6 Å². The van der Waals surface area contributed by atoms with Crippen molar-refractivity contribution in [3.63, 3.8) is 0 Å². The van der Waals surface area contributed by atoms with Crippen molar-refractivity contribution in [3.8, 4) is 6.07 Å². The van der Waals surface area contributed by atoms with Gasteiger partial charge in [0.25, 0.3) is 0 Å². The van der Waals surface area contributed by atoms with Crippen molar-refractivity contribution in [1.82, 2.24) is 4.90 Å². The minimum absolute atomic E-state index is 0.0447. The number of hydrogen-bond donors (Lipinski definition) is 0. The minimum Gasteiger partial charge on any atom is -0.444 e. The summed E-state index contributed by atoms with van der Waals surface area (Å²) >= 11 is 0. The molecule has 0 aliphatic carbocycles. The third-order valence-corrected chi connectivity index (χ3v) is 9.56. The second-order valence-electron chi connectivity index (χ2n) is 9.30.